The number of carbonyl (C=O) groups excluding carboxylic acids is 1. The molecule has 6 nitrogen and oxygen atoms in total. The van der Waals surface area contributed by atoms with Crippen molar-refractivity contribution < 1.29 is 19.0 Å². The lowest BCUT2D eigenvalue weighted by atomic mass is 10.2. The number of nitrogens with zero attached hydrogens (tertiary/aromatic N) is 1. The molecule has 1 N–H and O–H groups in total. The SMILES string of the molecule is COc1ccc(CN(C)C(=O)NCCCOCC2CCCO2)cc1. The van der Waals surface area contributed by atoms with Gasteiger partial charge in [-0.2, -0.15) is 0 Å². The zero-order valence-corrected chi connectivity index (χ0v) is 14.6. The Bertz CT molecular complexity index is 486. The first kappa shape index (κ1) is 18.5. The first-order valence-electron chi connectivity index (χ1n) is 8.50. The molecular weight excluding hydrogens is 308 g/mol. The molecule has 1 aromatic carbocycles. The van der Waals surface area contributed by atoms with Crippen LogP contribution in [0, 0.1) is 0 Å². The van der Waals surface area contributed by atoms with E-state index in [1.54, 1.807) is 19.1 Å². The topological polar surface area (TPSA) is 60.0 Å². The van der Waals surface area contributed by atoms with Crippen LogP contribution in [0.3, 0.4) is 0 Å². The fourth-order valence-corrected chi connectivity index (χ4v) is 2.57. The first-order valence-corrected chi connectivity index (χ1v) is 8.50. The summed E-state index contributed by atoms with van der Waals surface area (Å²) in [5.74, 6) is 0.814. The fraction of sp³-hybridized carbons (Fsp3) is 0.611. The van der Waals surface area contributed by atoms with Crippen LogP contribution in [0.25, 0.3) is 0 Å². The van der Waals surface area contributed by atoms with Gasteiger partial charge < -0.3 is 24.4 Å². The van der Waals surface area contributed by atoms with E-state index in [0.29, 0.717) is 26.3 Å². The Hall–Kier alpha value is -1.79. The Balaban J connectivity index is 1.55. The smallest absolute Gasteiger partial charge is 0.317 e. The number of methoxy groups -OCH3 is 1. The molecule has 1 unspecified atom stereocenters. The number of carbonyl (C=O) groups is 1. The summed E-state index contributed by atoms with van der Waals surface area (Å²) in [7, 11) is 3.42. The predicted molar refractivity (Wildman–Crippen MR) is 92.3 cm³/mol. The third-order valence-corrected chi connectivity index (χ3v) is 3.99. The lowest BCUT2D eigenvalue weighted by Crippen LogP contribution is -2.37. The molecule has 24 heavy (non-hydrogen) atoms. The number of hydrogen-bond acceptors (Lipinski definition) is 4. The van der Waals surface area contributed by atoms with E-state index in [2.05, 4.69) is 5.32 Å². The van der Waals surface area contributed by atoms with Crippen molar-refractivity contribution in [3.63, 3.8) is 0 Å². The molecule has 1 aliphatic rings. The van der Waals surface area contributed by atoms with Crippen LogP contribution in [0.4, 0.5) is 4.79 Å². The lowest BCUT2D eigenvalue weighted by molar-refractivity contribution is 0.0167. The number of amides is 2. The Kier molecular flexibility index (Phi) is 7.85. The van der Waals surface area contributed by atoms with Crippen LogP contribution in [0.15, 0.2) is 24.3 Å². The number of nitrogens with one attached hydrogen (secondary N) is 1. The van der Waals surface area contributed by atoms with Crippen molar-refractivity contribution in [3.05, 3.63) is 29.8 Å². The van der Waals surface area contributed by atoms with E-state index in [4.69, 9.17) is 14.2 Å². The van der Waals surface area contributed by atoms with Gasteiger partial charge in [0, 0.05) is 33.4 Å². The molecule has 1 heterocycles. The van der Waals surface area contributed by atoms with E-state index in [1.165, 1.54) is 0 Å². The minimum absolute atomic E-state index is 0.0788. The highest BCUT2D eigenvalue weighted by molar-refractivity contribution is 5.73. The average molecular weight is 336 g/mol. The molecule has 1 atom stereocenters. The molecule has 0 saturated carbocycles. The van der Waals surface area contributed by atoms with E-state index in [1.807, 2.05) is 24.3 Å². The molecule has 0 aliphatic carbocycles. The predicted octanol–water partition coefficient (Wildman–Crippen LogP) is 2.42. The molecule has 0 radical (unpaired) electrons. The van der Waals surface area contributed by atoms with E-state index in [9.17, 15) is 4.79 Å². The van der Waals surface area contributed by atoms with Gasteiger partial charge in [-0.25, -0.2) is 4.79 Å². The zero-order valence-electron chi connectivity index (χ0n) is 14.6. The highest BCUT2D eigenvalue weighted by atomic mass is 16.5. The van der Waals surface area contributed by atoms with Gasteiger partial charge in [-0.15, -0.1) is 0 Å². The summed E-state index contributed by atoms with van der Waals surface area (Å²) in [5, 5.41) is 2.90. The summed E-state index contributed by atoms with van der Waals surface area (Å²) in [6.07, 6.45) is 3.28. The molecular formula is C18H28N2O4. The maximum absolute atomic E-state index is 12.0. The van der Waals surface area contributed by atoms with Gasteiger partial charge in [-0.1, -0.05) is 12.1 Å². The Morgan fingerprint density at radius 2 is 2.17 bits per heavy atom. The van der Waals surface area contributed by atoms with Crippen molar-refractivity contribution >= 4 is 6.03 Å². The Morgan fingerprint density at radius 1 is 1.38 bits per heavy atom. The van der Waals surface area contributed by atoms with Crippen molar-refractivity contribution in [1.29, 1.82) is 0 Å². The second-order valence-electron chi connectivity index (χ2n) is 6.00. The third kappa shape index (κ3) is 6.37. The maximum Gasteiger partial charge on any atom is 0.317 e. The summed E-state index contributed by atoms with van der Waals surface area (Å²) in [4.78, 5) is 13.7. The summed E-state index contributed by atoms with van der Waals surface area (Å²) in [6, 6.07) is 7.63. The molecule has 2 rings (SSSR count). The molecule has 1 aliphatic heterocycles. The number of ether oxygens (including phenoxy) is 3. The molecule has 0 bridgehead atoms. The van der Waals surface area contributed by atoms with E-state index < -0.39 is 0 Å². The molecule has 1 aromatic rings. The minimum Gasteiger partial charge on any atom is -0.497 e. The molecule has 1 fully saturated rings. The van der Waals surface area contributed by atoms with Crippen LogP contribution >= 0.6 is 0 Å². The van der Waals surface area contributed by atoms with Crippen molar-refractivity contribution in [2.75, 3.05) is 40.5 Å². The van der Waals surface area contributed by atoms with Crippen molar-refractivity contribution in [2.24, 2.45) is 0 Å². The average Bonchev–Trinajstić information content (AvgIpc) is 3.11. The minimum atomic E-state index is -0.0788. The van der Waals surface area contributed by atoms with Crippen molar-refractivity contribution in [1.82, 2.24) is 10.2 Å². The van der Waals surface area contributed by atoms with Crippen LogP contribution in [0.1, 0.15) is 24.8 Å². The van der Waals surface area contributed by atoms with Crippen molar-refractivity contribution in [3.8, 4) is 5.75 Å². The normalized spacial score (nSPS) is 16.8. The van der Waals surface area contributed by atoms with Gasteiger partial charge in [-0.05, 0) is 37.0 Å². The number of rotatable bonds is 9. The Morgan fingerprint density at radius 3 is 2.83 bits per heavy atom. The first-order chi connectivity index (χ1) is 11.7. The van der Waals surface area contributed by atoms with Crippen LogP contribution in [-0.4, -0.2) is 57.6 Å². The van der Waals surface area contributed by atoms with Gasteiger partial charge in [0.1, 0.15) is 5.75 Å². The van der Waals surface area contributed by atoms with Gasteiger partial charge in [0.25, 0.3) is 0 Å². The van der Waals surface area contributed by atoms with Crippen LogP contribution in [-0.2, 0) is 16.0 Å². The second kappa shape index (κ2) is 10.2. The van der Waals surface area contributed by atoms with Gasteiger partial charge in [0.15, 0.2) is 0 Å². The number of hydrogen-bond donors (Lipinski definition) is 1. The van der Waals surface area contributed by atoms with Crippen molar-refractivity contribution in [2.45, 2.75) is 31.9 Å². The van der Waals surface area contributed by atoms with Gasteiger partial charge >= 0.3 is 6.03 Å². The van der Waals surface area contributed by atoms with Crippen LogP contribution in [0.2, 0.25) is 0 Å². The van der Waals surface area contributed by atoms with Gasteiger partial charge in [0.2, 0.25) is 0 Å². The highest BCUT2D eigenvalue weighted by Crippen LogP contribution is 2.13. The zero-order chi connectivity index (χ0) is 17.2. The van der Waals surface area contributed by atoms with Gasteiger partial charge in [-0.3, -0.25) is 0 Å². The molecule has 134 valence electrons. The van der Waals surface area contributed by atoms with E-state index in [-0.39, 0.29) is 12.1 Å². The molecule has 6 heteroatoms. The number of benzene rings is 1. The molecule has 2 amide bonds. The molecule has 1 saturated heterocycles. The quantitative estimate of drug-likeness (QED) is 0.704. The van der Waals surface area contributed by atoms with Crippen LogP contribution < -0.4 is 10.1 Å². The Labute approximate surface area is 144 Å². The van der Waals surface area contributed by atoms with Crippen LogP contribution in [0.5, 0.6) is 5.75 Å². The monoisotopic (exact) mass is 336 g/mol. The van der Waals surface area contributed by atoms with E-state index >= 15 is 0 Å². The standard InChI is InChI=1S/C18H28N2O4/c1-20(13-15-6-8-16(22-2)9-7-15)18(21)19-10-4-11-23-14-17-5-3-12-24-17/h6-9,17H,3-5,10-14H2,1-2H3,(H,19,21). The fourth-order valence-electron chi connectivity index (χ4n) is 2.57. The molecule has 0 aromatic heterocycles. The van der Waals surface area contributed by atoms with E-state index in [0.717, 1.165) is 37.2 Å². The second-order valence-corrected chi connectivity index (χ2v) is 6.00. The summed E-state index contributed by atoms with van der Waals surface area (Å²) < 4.78 is 16.2. The van der Waals surface area contributed by atoms with Gasteiger partial charge in [0.05, 0.1) is 19.8 Å². The molecule has 0 spiro atoms. The largest absolute Gasteiger partial charge is 0.497 e. The summed E-state index contributed by atoms with van der Waals surface area (Å²) in [6.45, 7) is 3.32. The highest BCUT2D eigenvalue weighted by Gasteiger charge is 2.15. The summed E-state index contributed by atoms with van der Waals surface area (Å²) in [5.41, 5.74) is 1.06. The maximum atomic E-state index is 12.0. The lowest BCUT2D eigenvalue weighted by Gasteiger charge is -2.18. The third-order valence-electron chi connectivity index (χ3n) is 3.99. The summed E-state index contributed by atoms with van der Waals surface area (Å²) >= 11 is 0. The number of urea groups is 1.